The lowest BCUT2D eigenvalue weighted by Gasteiger charge is -2.05. The topological polar surface area (TPSA) is 28.7 Å². The molecule has 3 rings (SSSR count). The zero-order valence-electron chi connectivity index (χ0n) is 9.90. The van der Waals surface area contributed by atoms with E-state index in [0.717, 1.165) is 22.4 Å². The summed E-state index contributed by atoms with van der Waals surface area (Å²) >= 11 is 5.83. The van der Waals surface area contributed by atoms with E-state index < -0.39 is 5.82 Å². The van der Waals surface area contributed by atoms with Crippen molar-refractivity contribution in [1.29, 1.82) is 0 Å². The Labute approximate surface area is 114 Å². The molecule has 0 saturated carbocycles. The number of hydrogen-bond donors (Lipinski definition) is 1. The highest BCUT2D eigenvalue weighted by Gasteiger charge is 2.10. The monoisotopic (exact) mass is 272 g/mol. The van der Waals surface area contributed by atoms with Gasteiger partial charge in [-0.3, -0.25) is 4.98 Å². The van der Waals surface area contributed by atoms with Crippen molar-refractivity contribution in [1.82, 2.24) is 9.97 Å². The van der Waals surface area contributed by atoms with Gasteiger partial charge in [0.15, 0.2) is 0 Å². The number of benzene rings is 1. The van der Waals surface area contributed by atoms with Gasteiger partial charge in [-0.15, -0.1) is 0 Å². The highest BCUT2D eigenvalue weighted by Crippen LogP contribution is 2.32. The molecule has 0 aliphatic heterocycles. The lowest BCUT2D eigenvalue weighted by atomic mass is 10.0. The van der Waals surface area contributed by atoms with Crippen LogP contribution in [0, 0.1) is 5.82 Å². The quantitative estimate of drug-likeness (QED) is 0.729. The van der Waals surface area contributed by atoms with Crippen molar-refractivity contribution in [3.8, 4) is 22.4 Å². The Kier molecular flexibility index (Phi) is 3.05. The largest absolute Gasteiger partial charge is 0.361 e. The maximum absolute atomic E-state index is 13.2. The maximum atomic E-state index is 13.2. The molecule has 0 unspecified atom stereocenters. The number of rotatable bonds is 2. The van der Waals surface area contributed by atoms with Crippen LogP contribution in [-0.4, -0.2) is 9.97 Å². The van der Waals surface area contributed by atoms with Crippen molar-refractivity contribution < 1.29 is 4.39 Å². The van der Waals surface area contributed by atoms with Gasteiger partial charge in [0.25, 0.3) is 0 Å². The number of nitrogens with one attached hydrogen (secondary N) is 1. The number of nitrogens with zero attached hydrogens (tertiary/aromatic N) is 1. The Balaban J connectivity index is 2.12. The molecule has 0 fully saturated rings. The van der Waals surface area contributed by atoms with Crippen LogP contribution in [0.1, 0.15) is 0 Å². The van der Waals surface area contributed by atoms with Crippen LogP contribution in [0.15, 0.2) is 55.0 Å². The first kappa shape index (κ1) is 11.9. The SMILES string of the molecule is Fc1ccc(-c2[nH]ccc2-c2ccncc2)cc1Cl. The van der Waals surface area contributed by atoms with Gasteiger partial charge in [-0.1, -0.05) is 11.6 Å². The summed E-state index contributed by atoms with van der Waals surface area (Å²) in [5, 5.41) is 0.118. The first-order valence-electron chi connectivity index (χ1n) is 5.79. The highest BCUT2D eigenvalue weighted by molar-refractivity contribution is 6.31. The third-order valence-corrected chi connectivity index (χ3v) is 3.24. The normalized spacial score (nSPS) is 10.6. The summed E-state index contributed by atoms with van der Waals surface area (Å²) in [6, 6.07) is 10.5. The summed E-state index contributed by atoms with van der Waals surface area (Å²) in [7, 11) is 0. The summed E-state index contributed by atoms with van der Waals surface area (Å²) in [4.78, 5) is 7.17. The van der Waals surface area contributed by atoms with Crippen LogP contribution in [0.5, 0.6) is 0 Å². The molecule has 19 heavy (non-hydrogen) atoms. The molecule has 0 aliphatic carbocycles. The van der Waals surface area contributed by atoms with Gasteiger partial charge in [0.2, 0.25) is 0 Å². The van der Waals surface area contributed by atoms with Gasteiger partial charge in [-0.2, -0.15) is 0 Å². The predicted octanol–water partition coefficient (Wildman–Crippen LogP) is 4.54. The fraction of sp³-hybridized carbons (Fsp3) is 0. The van der Waals surface area contributed by atoms with Crippen molar-refractivity contribution in [3.05, 3.63) is 65.8 Å². The van der Waals surface area contributed by atoms with E-state index in [9.17, 15) is 4.39 Å². The number of halogens is 2. The van der Waals surface area contributed by atoms with Crippen LogP contribution in [-0.2, 0) is 0 Å². The van der Waals surface area contributed by atoms with E-state index in [0.29, 0.717) is 0 Å². The molecular weight excluding hydrogens is 263 g/mol. The molecule has 94 valence electrons. The molecule has 0 amide bonds. The zero-order valence-corrected chi connectivity index (χ0v) is 10.7. The van der Waals surface area contributed by atoms with Gasteiger partial charge >= 0.3 is 0 Å². The highest BCUT2D eigenvalue weighted by atomic mass is 35.5. The minimum absolute atomic E-state index is 0.118. The van der Waals surface area contributed by atoms with Crippen molar-refractivity contribution >= 4 is 11.6 Å². The Morgan fingerprint density at radius 3 is 2.53 bits per heavy atom. The van der Waals surface area contributed by atoms with Gasteiger partial charge in [0.05, 0.1) is 10.7 Å². The molecular formula is C15H10ClFN2. The molecule has 0 saturated heterocycles. The number of aromatic amines is 1. The molecule has 0 bridgehead atoms. The fourth-order valence-corrected chi connectivity index (χ4v) is 2.21. The van der Waals surface area contributed by atoms with Gasteiger partial charge in [0, 0.05) is 29.7 Å². The molecule has 0 radical (unpaired) electrons. The van der Waals surface area contributed by atoms with E-state index in [1.165, 1.54) is 6.07 Å². The van der Waals surface area contributed by atoms with E-state index >= 15 is 0 Å². The van der Waals surface area contributed by atoms with E-state index in [4.69, 9.17) is 11.6 Å². The third-order valence-electron chi connectivity index (χ3n) is 2.95. The summed E-state index contributed by atoms with van der Waals surface area (Å²) < 4.78 is 13.2. The van der Waals surface area contributed by atoms with E-state index in [1.807, 2.05) is 24.4 Å². The van der Waals surface area contributed by atoms with Crippen LogP contribution in [0.25, 0.3) is 22.4 Å². The molecule has 1 N–H and O–H groups in total. The third kappa shape index (κ3) is 2.25. The number of H-pyrrole nitrogens is 1. The molecule has 0 aliphatic rings. The van der Waals surface area contributed by atoms with E-state index in [2.05, 4.69) is 9.97 Å². The van der Waals surface area contributed by atoms with E-state index in [-0.39, 0.29) is 5.02 Å². The van der Waals surface area contributed by atoms with Gasteiger partial charge < -0.3 is 4.98 Å². The Hall–Kier alpha value is -2.13. The first-order chi connectivity index (χ1) is 9.25. The second-order valence-corrected chi connectivity index (χ2v) is 4.54. The summed E-state index contributed by atoms with van der Waals surface area (Å²) in [5.74, 6) is -0.414. The molecule has 3 aromatic rings. The molecule has 1 aromatic carbocycles. The Morgan fingerprint density at radius 2 is 1.79 bits per heavy atom. The van der Waals surface area contributed by atoms with Crippen LogP contribution >= 0.6 is 11.6 Å². The molecule has 4 heteroatoms. The molecule has 2 nitrogen and oxygen atoms in total. The summed E-state index contributed by atoms with van der Waals surface area (Å²) in [6.45, 7) is 0. The lowest BCUT2D eigenvalue weighted by Crippen LogP contribution is -1.85. The van der Waals surface area contributed by atoms with Crippen molar-refractivity contribution in [2.45, 2.75) is 0 Å². The molecule has 0 spiro atoms. The Morgan fingerprint density at radius 1 is 1.00 bits per heavy atom. The fourth-order valence-electron chi connectivity index (χ4n) is 2.03. The summed E-state index contributed by atoms with van der Waals surface area (Å²) in [6.07, 6.45) is 5.33. The smallest absolute Gasteiger partial charge is 0.141 e. The minimum atomic E-state index is -0.414. The van der Waals surface area contributed by atoms with Crippen molar-refractivity contribution in [2.24, 2.45) is 0 Å². The average molecular weight is 273 g/mol. The Bertz CT molecular complexity index is 707. The first-order valence-corrected chi connectivity index (χ1v) is 6.17. The standard InChI is InChI=1S/C15H10ClFN2/c16-13-9-11(1-2-14(13)17)15-12(5-8-19-15)10-3-6-18-7-4-10/h1-9,19H. The van der Waals surface area contributed by atoms with Crippen LogP contribution in [0.3, 0.4) is 0 Å². The van der Waals surface area contributed by atoms with E-state index in [1.54, 1.807) is 24.5 Å². The minimum Gasteiger partial charge on any atom is -0.361 e. The number of pyridine rings is 1. The van der Waals surface area contributed by atoms with Crippen LogP contribution in [0.2, 0.25) is 5.02 Å². The average Bonchev–Trinajstić information content (AvgIpc) is 2.92. The van der Waals surface area contributed by atoms with Gasteiger partial charge in [-0.05, 0) is 42.0 Å². The molecule has 2 heterocycles. The predicted molar refractivity (Wildman–Crippen MR) is 74.4 cm³/mol. The van der Waals surface area contributed by atoms with Crippen molar-refractivity contribution in [3.63, 3.8) is 0 Å². The number of aromatic nitrogens is 2. The second kappa shape index (κ2) is 4.86. The number of hydrogen-bond acceptors (Lipinski definition) is 1. The lowest BCUT2D eigenvalue weighted by molar-refractivity contribution is 0.628. The van der Waals surface area contributed by atoms with Crippen LogP contribution < -0.4 is 0 Å². The van der Waals surface area contributed by atoms with Gasteiger partial charge in [-0.25, -0.2) is 4.39 Å². The summed E-state index contributed by atoms with van der Waals surface area (Å²) in [5.41, 5.74) is 3.84. The van der Waals surface area contributed by atoms with Crippen LogP contribution in [0.4, 0.5) is 4.39 Å². The maximum Gasteiger partial charge on any atom is 0.141 e. The van der Waals surface area contributed by atoms with Gasteiger partial charge in [0.1, 0.15) is 5.82 Å². The molecule has 0 atom stereocenters. The zero-order chi connectivity index (χ0) is 13.2. The van der Waals surface area contributed by atoms with Crippen molar-refractivity contribution in [2.75, 3.05) is 0 Å². The second-order valence-electron chi connectivity index (χ2n) is 4.13. The molecule has 2 aromatic heterocycles.